The molecule has 0 aromatic heterocycles. The summed E-state index contributed by atoms with van der Waals surface area (Å²) in [7, 11) is 1.69. The van der Waals surface area contributed by atoms with Gasteiger partial charge >= 0.3 is 0 Å². The molecule has 1 fully saturated rings. The number of rotatable bonds is 3. The van der Waals surface area contributed by atoms with Gasteiger partial charge in [0.2, 0.25) is 0 Å². The summed E-state index contributed by atoms with van der Waals surface area (Å²) in [5, 5.41) is 0. The van der Waals surface area contributed by atoms with Crippen molar-refractivity contribution >= 4 is 12.4 Å². The number of hydrogen-bond donors (Lipinski definition) is 1. The van der Waals surface area contributed by atoms with Gasteiger partial charge in [0.1, 0.15) is 5.75 Å². The van der Waals surface area contributed by atoms with Crippen molar-refractivity contribution in [2.45, 2.75) is 31.7 Å². The van der Waals surface area contributed by atoms with E-state index in [4.69, 9.17) is 10.5 Å². The van der Waals surface area contributed by atoms with Crippen LogP contribution in [-0.4, -0.2) is 7.11 Å². The van der Waals surface area contributed by atoms with Gasteiger partial charge in [-0.05, 0) is 36.5 Å². The Morgan fingerprint density at radius 2 is 1.75 bits per heavy atom. The number of methoxy groups -OCH3 is 1. The summed E-state index contributed by atoms with van der Waals surface area (Å²) in [5.41, 5.74) is 7.49. The van der Waals surface area contributed by atoms with Crippen molar-refractivity contribution < 1.29 is 4.74 Å². The van der Waals surface area contributed by atoms with Crippen molar-refractivity contribution in [3.05, 3.63) is 29.8 Å². The highest BCUT2D eigenvalue weighted by Crippen LogP contribution is 2.34. The van der Waals surface area contributed by atoms with Crippen LogP contribution in [0.15, 0.2) is 24.3 Å². The molecule has 0 saturated heterocycles. The maximum atomic E-state index is 6.25. The Bertz CT molecular complexity index is 306. The molecule has 1 aromatic carbocycles. The van der Waals surface area contributed by atoms with Crippen LogP contribution in [0.4, 0.5) is 0 Å². The molecule has 2 nitrogen and oxygen atoms in total. The second-order valence-corrected chi connectivity index (χ2v) is 4.34. The van der Waals surface area contributed by atoms with E-state index >= 15 is 0 Å². The van der Waals surface area contributed by atoms with Crippen LogP contribution in [0, 0.1) is 5.92 Å². The first-order valence-corrected chi connectivity index (χ1v) is 5.71. The molecule has 0 heterocycles. The largest absolute Gasteiger partial charge is 0.497 e. The standard InChI is InChI=1S/C13H19NO.ClH/c1-15-12-8-6-11(7-9-12)13(14)10-4-2-3-5-10;/h6-10,13H,2-5,14H2,1H3;1H/t13-;/m0./s1. The number of ether oxygens (including phenoxy) is 1. The molecule has 0 unspecified atom stereocenters. The van der Waals surface area contributed by atoms with Crippen molar-refractivity contribution in [3.63, 3.8) is 0 Å². The minimum atomic E-state index is 0. The van der Waals surface area contributed by atoms with Crippen molar-refractivity contribution in [1.82, 2.24) is 0 Å². The second-order valence-electron chi connectivity index (χ2n) is 4.34. The summed E-state index contributed by atoms with van der Waals surface area (Å²) >= 11 is 0. The van der Waals surface area contributed by atoms with E-state index in [9.17, 15) is 0 Å². The lowest BCUT2D eigenvalue weighted by Gasteiger charge is -2.19. The predicted molar refractivity (Wildman–Crippen MR) is 69.1 cm³/mol. The molecule has 1 aromatic rings. The Balaban J connectivity index is 0.00000128. The van der Waals surface area contributed by atoms with Gasteiger partial charge in [-0.1, -0.05) is 25.0 Å². The molecular formula is C13H20ClNO. The Morgan fingerprint density at radius 3 is 2.25 bits per heavy atom. The number of benzene rings is 1. The molecule has 16 heavy (non-hydrogen) atoms. The van der Waals surface area contributed by atoms with Crippen molar-refractivity contribution in [2.24, 2.45) is 11.7 Å². The zero-order chi connectivity index (χ0) is 10.7. The number of hydrogen-bond acceptors (Lipinski definition) is 2. The predicted octanol–water partition coefficient (Wildman–Crippen LogP) is 3.31. The van der Waals surface area contributed by atoms with Crippen LogP contribution in [-0.2, 0) is 0 Å². The summed E-state index contributed by atoms with van der Waals surface area (Å²) in [5.74, 6) is 1.58. The molecule has 0 amide bonds. The van der Waals surface area contributed by atoms with E-state index in [0.717, 1.165) is 5.75 Å². The molecule has 1 aliphatic rings. The van der Waals surface area contributed by atoms with Gasteiger partial charge in [0.15, 0.2) is 0 Å². The number of nitrogens with two attached hydrogens (primary N) is 1. The van der Waals surface area contributed by atoms with Gasteiger partial charge in [0, 0.05) is 6.04 Å². The smallest absolute Gasteiger partial charge is 0.118 e. The van der Waals surface area contributed by atoms with Gasteiger partial charge in [-0.2, -0.15) is 0 Å². The van der Waals surface area contributed by atoms with E-state index in [2.05, 4.69) is 12.1 Å². The monoisotopic (exact) mass is 241 g/mol. The number of halogens is 1. The molecule has 3 heteroatoms. The Hall–Kier alpha value is -0.730. The summed E-state index contributed by atoms with van der Waals surface area (Å²) in [6, 6.07) is 8.36. The zero-order valence-electron chi connectivity index (χ0n) is 9.69. The highest BCUT2D eigenvalue weighted by Gasteiger charge is 2.22. The van der Waals surface area contributed by atoms with E-state index in [1.807, 2.05) is 12.1 Å². The Kier molecular flexibility index (Phi) is 5.10. The third-order valence-electron chi connectivity index (χ3n) is 3.41. The van der Waals surface area contributed by atoms with E-state index < -0.39 is 0 Å². The lowest BCUT2D eigenvalue weighted by molar-refractivity contribution is 0.413. The molecule has 1 aliphatic carbocycles. The normalized spacial score (nSPS) is 17.9. The first kappa shape index (κ1) is 13.3. The SMILES string of the molecule is COc1ccc([C@@H](N)C2CCCC2)cc1.Cl. The maximum Gasteiger partial charge on any atom is 0.118 e. The summed E-state index contributed by atoms with van der Waals surface area (Å²) in [4.78, 5) is 0. The fourth-order valence-corrected chi connectivity index (χ4v) is 2.41. The summed E-state index contributed by atoms with van der Waals surface area (Å²) in [6.45, 7) is 0. The molecule has 0 spiro atoms. The molecule has 90 valence electrons. The molecule has 1 saturated carbocycles. The zero-order valence-corrected chi connectivity index (χ0v) is 10.5. The van der Waals surface area contributed by atoms with Crippen LogP contribution in [0.2, 0.25) is 0 Å². The summed E-state index contributed by atoms with van der Waals surface area (Å²) < 4.78 is 5.13. The summed E-state index contributed by atoms with van der Waals surface area (Å²) in [6.07, 6.45) is 5.25. The Morgan fingerprint density at radius 1 is 1.19 bits per heavy atom. The topological polar surface area (TPSA) is 35.2 Å². The quantitative estimate of drug-likeness (QED) is 0.881. The third kappa shape index (κ3) is 2.89. The van der Waals surface area contributed by atoms with Crippen LogP contribution in [0.1, 0.15) is 37.3 Å². The Labute approximate surface area is 104 Å². The van der Waals surface area contributed by atoms with E-state index in [1.54, 1.807) is 7.11 Å². The molecule has 0 aliphatic heterocycles. The molecule has 0 bridgehead atoms. The fraction of sp³-hybridized carbons (Fsp3) is 0.538. The molecule has 1 atom stereocenters. The van der Waals surface area contributed by atoms with Crippen molar-refractivity contribution in [1.29, 1.82) is 0 Å². The van der Waals surface area contributed by atoms with Crippen LogP contribution in [0.3, 0.4) is 0 Å². The lowest BCUT2D eigenvalue weighted by atomic mass is 9.92. The van der Waals surface area contributed by atoms with Crippen LogP contribution < -0.4 is 10.5 Å². The molecule has 2 rings (SSSR count). The van der Waals surface area contributed by atoms with Crippen LogP contribution in [0.25, 0.3) is 0 Å². The van der Waals surface area contributed by atoms with Crippen LogP contribution in [0.5, 0.6) is 5.75 Å². The van der Waals surface area contributed by atoms with Gasteiger partial charge in [0.05, 0.1) is 7.11 Å². The van der Waals surface area contributed by atoms with E-state index in [-0.39, 0.29) is 18.4 Å². The van der Waals surface area contributed by atoms with Gasteiger partial charge in [-0.3, -0.25) is 0 Å². The van der Waals surface area contributed by atoms with Crippen molar-refractivity contribution in [2.75, 3.05) is 7.11 Å². The first-order chi connectivity index (χ1) is 7.31. The second kappa shape index (κ2) is 6.12. The minimum Gasteiger partial charge on any atom is -0.497 e. The molecular weight excluding hydrogens is 222 g/mol. The maximum absolute atomic E-state index is 6.25. The van der Waals surface area contributed by atoms with E-state index in [1.165, 1.54) is 31.2 Å². The average Bonchev–Trinajstić information content (AvgIpc) is 2.82. The third-order valence-corrected chi connectivity index (χ3v) is 3.41. The molecule has 2 N–H and O–H groups in total. The van der Waals surface area contributed by atoms with Gasteiger partial charge < -0.3 is 10.5 Å². The van der Waals surface area contributed by atoms with Gasteiger partial charge in [-0.25, -0.2) is 0 Å². The van der Waals surface area contributed by atoms with Gasteiger partial charge in [-0.15, -0.1) is 12.4 Å². The molecule has 0 radical (unpaired) electrons. The average molecular weight is 242 g/mol. The minimum absolute atomic E-state index is 0. The van der Waals surface area contributed by atoms with Crippen molar-refractivity contribution in [3.8, 4) is 5.75 Å². The van der Waals surface area contributed by atoms with Gasteiger partial charge in [0.25, 0.3) is 0 Å². The highest BCUT2D eigenvalue weighted by molar-refractivity contribution is 5.85. The highest BCUT2D eigenvalue weighted by atomic mass is 35.5. The fourth-order valence-electron chi connectivity index (χ4n) is 2.41. The van der Waals surface area contributed by atoms with Crippen LogP contribution >= 0.6 is 12.4 Å². The first-order valence-electron chi connectivity index (χ1n) is 5.71. The lowest BCUT2D eigenvalue weighted by Crippen LogP contribution is -2.18. The van der Waals surface area contributed by atoms with E-state index in [0.29, 0.717) is 5.92 Å².